The number of pyridine rings is 1. The topological polar surface area (TPSA) is 117 Å². The zero-order chi connectivity index (χ0) is 10.4. The number of carbonyl (C=O) groups is 1. The van der Waals surface area contributed by atoms with Crippen molar-refractivity contribution < 1.29 is 4.79 Å². The molecule has 7 heteroatoms. The van der Waals surface area contributed by atoms with Crippen LogP contribution in [0.25, 0.3) is 10.4 Å². The number of hydrazine groups is 1. The Morgan fingerprint density at radius 3 is 3.14 bits per heavy atom. The molecule has 0 aliphatic rings. The number of azide groups is 1. The van der Waals surface area contributed by atoms with Crippen LogP contribution in [0.2, 0.25) is 0 Å². The Morgan fingerprint density at radius 2 is 2.50 bits per heavy atom. The molecule has 1 aromatic rings. The maximum Gasteiger partial charge on any atom is 0.283 e. The van der Waals surface area contributed by atoms with Crippen molar-refractivity contribution in [3.8, 4) is 0 Å². The summed E-state index contributed by atoms with van der Waals surface area (Å²) in [5.41, 5.74) is 10.8. The lowest BCUT2D eigenvalue weighted by atomic mass is 10.3. The fourth-order valence-electron chi connectivity index (χ4n) is 0.872. The molecule has 1 heterocycles. The first-order valence-corrected chi connectivity index (χ1v) is 3.75. The van der Waals surface area contributed by atoms with E-state index in [1.54, 1.807) is 12.1 Å². The lowest BCUT2D eigenvalue weighted by molar-refractivity contribution is 0.0948. The van der Waals surface area contributed by atoms with Gasteiger partial charge in [0.25, 0.3) is 5.91 Å². The molecule has 0 saturated carbocycles. The van der Waals surface area contributed by atoms with Gasteiger partial charge in [0.1, 0.15) is 5.69 Å². The van der Waals surface area contributed by atoms with E-state index < -0.39 is 5.91 Å². The molecule has 0 unspecified atom stereocenters. The number of nitrogen functional groups attached to an aromatic ring is 1. The van der Waals surface area contributed by atoms with Gasteiger partial charge in [-0.15, -0.1) is 0 Å². The second-order valence-electron chi connectivity index (χ2n) is 2.38. The van der Waals surface area contributed by atoms with Gasteiger partial charge in [-0.2, -0.15) is 0 Å². The van der Waals surface area contributed by atoms with E-state index in [1.807, 2.05) is 5.43 Å². The van der Waals surface area contributed by atoms with Crippen molar-refractivity contribution in [1.82, 2.24) is 10.4 Å². The number of carbonyl (C=O) groups excluding carboxylic acids is 1. The van der Waals surface area contributed by atoms with Crippen LogP contribution in [0.5, 0.6) is 0 Å². The minimum Gasteiger partial charge on any atom is -0.289 e. The van der Waals surface area contributed by atoms with Gasteiger partial charge in [0.2, 0.25) is 0 Å². The van der Waals surface area contributed by atoms with E-state index in [1.165, 1.54) is 6.07 Å². The van der Waals surface area contributed by atoms with Crippen LogP contribution in [0.15, 0.2) is 23.3 Å². The van der Waals surface area contributed by atoms with E-state index in [0.717, 1.165) is 0 Å². The molecule has 0 saturated heterocycles. The van der Waals surface area contributed by atoms with Gasteiger partial charge in [0.05, 0.1) is 6.54 Å². The summed E-state index contributed by atoms with van der Waals surface area (Å²) in [5, 5.41) is 3.32. The lowest BCUT2D eigenvalue weighted by Crippen LogP contribution is -2.30. The highest BCUT2D eigenvalue weighted by molar-refractivity contribution is 5.91. The van der Waals surface area contributed by atoms with Crippen molar-refractivity contribution in [3.05, 3.63) is 40.0 Å². The molecule has 0 atom stereocenters. The van der Waals surface area contributed by atoms with E-state index in [0.29, 0.717) is 5.69 Å². The average molecular weight is 192 g/mol. The molecule has 7 nitrogen and oxygen atoms in total. The van der Waals surface area contributed by atoms with E-state index in [-0.39, 0.29) is 12.2 Å². The number of nitrogens with zero attached hydrogens (tertiary/aromatic N) is 4. The van der Waals surface area contributed by atoms with Gasteiger partial charge < -0.3 is 0 Å². The van der Waals surface area contributed by atoms with Crippen molar-refractivity contribution in [3.63, 3.8) is 0 Å². The van der Waals surface area contributed by atoms with Gasteiger partial charge in [-0.05, 0) is 17.7 Å². The van der Waals surface area contributed by atoms with Gasteiger partial charge in [-0.1, -0.05) is 11.2 Å². The number of amides is 1. The molecule has 0 bridgehead atoms. The second kappa shape index (κ2) is 4.80. The number of nitrogens with one attached hydrogen (secondary N) is 1. The Labute approximate surface area is 79.5 Å². The molecule has 0 fully saturated rings. The smallest absolute Gasteiger partial charge is 0.283 e. The normalized spacial score (nSPS) is 8.93. The number of aromatic nitrogens is 1. The minimum absolute atomic E-state index is 0.113. The molecule has 1 amide bonds. The maximum absolute atomic E-state index is 11.0. The molecule has 1 rings (SSSR count). The van der Waals surface area contributed by atoms with E-state index in [9.17, 15) is 4.79 Å². The largest absolute Gasteiger partial charge is 0.289 e. The van der Waals surface area contributed by atoms with E-state index >= 15 is 0 Å². The van der Waals surface area contributed by atoms with E-state index in [2.05, 4.69) is 15.0 Å². The summed E-state index contributed by atoms with van der Waals surface area (Å²) in [4.78, 5) is 17.5. The summed E-state index contributed by atoms with van der Waals surface area (Å²) in [6.07, 6.45) is 0. The molecule has 14 heavy (non-hydrogen) atoms. The van der Waals surface area contributed by atoms with Gasteiger partial charge in [0.15, 0.2) is 0 Å². The molecular formula is C7H8N6O. The van der Waals surface area contributed by atoms with Gasteiger partial charge in [-0.25, -0.2) is 10.8 Å². The Balaban J connectivity index is 2.88. The third kappa shape index (κ3) is 2.44. The molecule has 1 aromatic heterocycles. The van der Waals surface area contributed by atoms with Crippen LogP contribution in [-0.2, 0) is 6.54 Å². The van der Waals surface area contributed by atoms with Crippen molar-refractivity contribution in [1.29, 1.82) is 0 Å². The number of rotatable bonds is 3. The third-order valence-corrected chi connectivity index (χ3v) is 1.47. The highest BCUT2D eigenvalue weighted by Gasteiger charge is 2.04. The standard InChI is InChI=1S/C7H8N6O/c8-12-7(14)6-3-1-2-5(11-6)4-10-13-9/h1-3H,4,8H2,(H,12,14). The minimum atomic E-state index is -0.479. The molecule has 3 N–H and O–H groups in total. The molecule has 72 valence electrons. The SMILES string of the molecule is [N-]=[N+]=NCc1cccc(C(=O)NN)n1. The van der Waals surface area contributed by atoms with Crippen molar-refractivity contribution >= 4 is 5.91 Å². The molecule has 0 radical (unpaired) electrons. The number of hydrogen-bond acceptors (Lipinski definition) is 4. The molecule has 0 spiro atoms. The first kappa shape index (κ1) is 9.97. The van der Waals surface area contributed by atoms with E-state index in [4.69, 9.17) is 11.4 Å². The summed E-state index contributed by atoms with van der Waals surface area (Å²) in [7, 11) is 0. The monoisotopic (exact) mass is 192 g/mol. The van der Waals surface area contributed by atoms with Crippen LogP contribution >= 0.6 is 0 Å². The fourth-order valence-corrected chi connectivity index (χ4v) is 0.872. The first-order valence-electron chi connectivity index (χ1n) is 3.75. The van der Waals surface area contributed by atoms with Crippen molar-refractivity contribution in [2.45, 2.75) is 6.54 Å². The summed E-state index contributed by atoms with van der Waals surface area (Å²) < 4.78 is 0. The average Bonchev–Trinajstić information content (AvgIpc) is 2.25. The van der Waals surface area contributed by atoms with Crippen LogP contribution in [0, 0.1) is 0 Å². The zero-order valence-electron chi connectivity index (χ0n) is 7.21. The van der Waals surface area contributed by atoms with Crippen LogP contribution in [-0.4, -0.2) is 10.9 Å². The fraction of sp³-hybridized carbons (Fsp3) is 0.143. The summed E-state index contributed by atoms with van der Waals surface area (Å²) in [6.45, 7) is 0.113. The van der Waals surface area contributed by atoms with Crippen LogP contribution in [0.3, 0.4) is 0 Å². The molecule has 0 aliphatic heterocycles. The molecule has 0 aromatic carbocycles. The Morgan fingerprint density at radius 1 is 1.71 bits per heavy atom. The summed E-state index contributed by atoms with van der Waals surface area (Å²) in [5.74, 6) is 4.45. The Bertz CT molecular complexity index is 384. The lowest BCUT2D eigenvalue weighted by Gasteiger charge is -2.00. The quantitative estimate of drug-likeness (QED) is 0.181. The van der Waals surface area contributed by atoms with Crippen molar-refractivity contribution in [2.24, 2.45) is 11.0 Å². The van der Waals surface area contributed by atoms with Gasteiger partial charge >= 0.3 is 0 Å². The highest BCUT2D eigenvalue weighted by atomic mass is 16.2. The van der Waals surface area contributed by atoms with Crippen molar-refractivity contribution in [2.75, 3.05) is 0 Å². The van der Waals surface area contributed by atoms with Crippen LogP contribution < -0.4 is 11.3 Å². The molecular weight excluding hydrogens is 184 g/mol. The highest BCUT2D eigenvalue weighted by Crippen LogP contribution is 2.00. The predicted octanol–water partition coefficient (Wildman–Crippen LogP) is 0.495. The second-order valence-corrected chi connectivity index (χ2v) is 2.38. The predicted molar refractivity (Wildman–Crippen MR) is 48.7 cm³/mol. The third-order valence-electron chi connectivity index (χ3n) is 1.47. The first-order chi connectivity index (χ1) is 6.77. The Hall–Kier alpha value is -2.11. The van der Waals surface area contributed by atoms with Crippen LogP contribution in [0.4, 0.5) is 0 Å². The van der Waals surface area contributed by atoms with Gasteiger partial charge in [-0.3, -0.25) is 10.2 Å². The zero-order valence-corrected chi connectivity index (χ0v) is 7.21. The van der Waals surface area contributed by atoms with Gasteiger partial charge in [0, 0.05) is 10.6 Å². The Kier molecular flexibility index (Phi) is 3.42. The number of hydrogen-bond donors (Lipinski definition) is 2. The summed E-state index contributed by atoms with van der Waals surface area (Å²) >= 11 is 0. The maximum atomic E-state index is 11.0. The van der Waals surface area contributed by atoms with Crippen LogP contribution in [0.1, 0.15) is 16.2 Å². The summed E-state index contributed by atoms with van der Waals surface area (Å²) in [6, 6.07) is 4.81. The molecule has 0 aliphatic carbocycles. The number of nitrogens with two attached hydrogens (primary N) is 1.